The fourth-order valence-corrected chi connectivity index (χ4v) is 1.87. The van der Waals surface area contributed by atoms with Gasteiger partial charge in [-0.1, -0.05) is 13.8 Å². The largest absolute Gasteiger partial charge is 0.327 e. The molecule has 0 amide bonds. The number of aryl methyl sites for hydroxylation is 2. The van der Waals surface area contributed by atoms with Crippen molar-refractivity contribution in [2.24, 2.45) is 18.7 Å². The Morgan fingerprint density at radius 3 is 2.59 bits per heavy atom. The van der Waals surface area contributed by atoms with Crippen LogP contribution in [0.5, 0.6) is 0 Å². The highest BCUT2D eigenvalue weighted by Crippen LogP contribution is 2.07. The number of nitrogens with zero attached hydrogens (tertiary/aromatic N) is 3. The van der Waals surface area contributed by atoms with E-state index in [9.17, 15) is 0 Å². The first-order valence-corrected chi connectivity index (χ1v) is 6.33. The van der Waals surface area contributed by atoms with E-state index >= 15 is 0 Å². The summed E-state index contributed by atoms with van der Waals surface area (Å²) in [6.45, 7) is 8.34. The quantitative estimate of drug-likeness (QED) is 0.817. The molecule has 1 unspecified atom stereocenters. The molecule has 1 aromatic rings. The molecule has 0 saturated heterocycles. The monoisotopic (exact) mass is 238 g/mol. The molecule has 0 saturated carbocycles. The van der Waals surface area contributed by atoms with E-state index in [4.69, 9.17) is 5.73 Å². The van der Waals surface area contributed by atoms with Gasteiger partial charge >= 0.3 is 0 Å². The Labute approximate surface area is 105 Å². The minimum Gasteiger partial charge on any atom is -0.327 e. The summed E-state index contributed by atoms with van der Waals surface area (Å²) in [7, 11) is 4.13. The van der Waals surface area contributed by atoms with Crippen molar-refractivity contribution in [1.29, 1.82) is 0 Å². The summed E-state index contributed by atoms with van der Waals surface area (Å²) in [5, 5.41) is 4.35. The highest BCUT2D eigenvalue weighted by atomic mass is 15.3. The third-order valence-electron chi connectivity index (χ3n) is 3.23. The van der Waals surface area contributed by atoms with Gasteiger partial charge in [-0.05, 0) is 38.9 Å². The minimum atomic E-state index is 0.297. The average Bonchev–Trinajstić information content (AvgIpc) is 2.53. The number of nitrogens with two attached hydrogens (primary N) is 1. The van der Waals surface area contributed by atoms with Gasteiger partial charge < -0.3 is 10.6 Å². The maximum absolute atomic E-state index is 6.05. The molecule has 0 bridgehead atoms. The van der Waals surface area contributed by atoms with Gasteiger partial charge in [0.25, 0.3) is 0 Å². The van der Waals surface area contributed by atoms with Gasteiger partial charge in [0.2, 0.25) is 0 Å². The number of hydrogen-bond acceptors (Lipinski definition) is 3. The van der Waals surface area contributed by atoms with Gasteiger partial charge in [0.1, 0.15) is 0 Å². The molecule has 0 aromatic carbocycles. The Bertz CT molecular complexity index is 343. The Hall–Kier alpha value is -0.870. The molecule has 0 aliphatic rings. The van der Waals surface area contributed by atoms with Crippen molar-refractivity contribution < 1.29 is 0 Å². The molecule has 0 aliphatic heterocycles. The topological polar surface area (TPSA) is 47.1 Å². The lowest BCUT2D eigenvalue weighted by atomic mass is 10.0. The number of hydrogen-bond donors (Lipinski definition) is 1. The third kappa shape index (κ3) is 4.48. The predicted octanol–water partition coefficient (Wildman–Crippen LogP) is 1.53. The molecule has 2 N–H and O–H groups in total. The van der Waals surface area contributed by atoms with Crippen molar-refractivity contribution >= 4 is 0 Å². The van der Waals surface area contributed by atoms with Crippen LogP contribution in [0, 0.1) is 12.8 Å². The third-order valence-corrected chi connectivity index (χ3v) is 3.23. The van der Waals surface area contributed by atoms with E-state index in [-0.39, 0.29) is 0 Å². The standard InChI is InChI=1S/C13H26N4/c1-10(2)13(14)6-7-16(4)9-12-8-11(3)15-17(12)5/h8,10,13H,6-7,9,14H2,1-5H3. The summed E-state index contributed by atoms with van der Waals surface area (Å²) in [5.74, 6) is 0.558. The molecule has 0 spiro atoms. The molecule has 1 aromatic heterocycles. The summed E-state index contributed by atoms with van der Waals surface area (Å²) in [4.78, 5) is 2.30. The van der Waals surface area contributed by atoms with E-state index in [0.29, 0.717) is 12.0 Å². The van der Waals surface area contributed by atoms with E-state index in [1.807, 2.05) is 18.7 Å². The van der Waals surface area contributed by atoms with Gasteiger partial charge in [-0.3, -0.25) is 4.68 Å². The maximum Gasteiger partial charge on any atom is 0.0597 e. The first-order valence-electron chi connectivity index (χ1n) is 6.33. The van der Waals surface area contributed by atoms with Crippen molar-refractivity contribution in [1.82, 2.24) is 14.7 Å². The van der Waals surface area contributed by atoms with Crippen LogP contribution in [0.25, 0.3) is 0 Å². The van der Waals surface area contributed by atoms with Crippen molar-refractivity contribution in [3.8, 4) is 0 Å². The lowest BCUT2D eigenvalue weighted by Gasteiger charge is -2.21. The van der Waals surface area contributed by atoms with Crippen LogP contribution in [0.15, 0.2) is 6.07 Å². The molecule has 0 fully saturated rings. The highest BCUT2D eigenvalue weighted by molar-refractivity contribution is 5.08. The van der Waals surface area contributed by atoms with Gasteiger partial charge in [-0.15, -0.1) is 0 Å². The summed E-state index contributed by atoms with van der Waals surface area (Å²) in [6, 6.07) is 2.43. The molecule has 0 aliphatic carbocycles. The normalized spacial score (nSPS) is 13.6. The molecule has 4 nitrogen and oxygen atoms in total. The van der Waals surface area contributed by atoms with E-state index in [1.54, 1.807) is 0 Å². The molecule has 17 heavy (non-hydrogen) atoms. The van der Waals surface area contributed by atoms with E-state index < -0.39 is 0 Å². The van der Waals surface area contributed by atoms with Crippen LogP contribution in [0.1, 0.15) is 31.7 Å². The Balaban J connectivity index is 2.39. The molecule has 4 heteroatoms. The molecule has 1 atom stereocenters. The SMILES string of the molecule is Cc1cc(CN(C)CCC(N)C(C)C)n(C)n1. The fraction of sp³-hybridized carbons (Fsp3) is 0.769. The van der Waals surface area contributed by atoms with Gasteiger partial charge in [0.15, 0.2) is 0 Å². The van der Waals surface area contributed by atoms with E-state index in [2.05, 4.69) is 37.0 Å². The van der Waals surface area contributed by atoms with Gasteiger partial charge in [-0.25, -0.2) is 0 Å². The lowest BCUT2D eigenvalue weighted by molar-refractivity contribution is 0.289. The van der Waals surface area contributed by atoms with E-state index in [1.165, 1.54) is 5.69 Å². The van der Waals surface area contributed by atoms with Crippen LogP contribution in [0.3, 0.4) is 0 Å². The second kappa shape index (κ2) is 6.17. The fourth-order valence-electron chi connectivity index (χ4n) is 1.87. The zero-order valence-electron chi connectivity index (χ0n) is 11.8. The van der Waals surface area contributed by atoms with Crippen molar-refractivity contribution in [2.75, 3.05) is 13.6 Å². The van der Waals surface area contributed by atoms with Crippen LogP contribution in [0.2, 0.25) is 0 Å². The lowest BCUT2D eigenvalue weighted by Crippen LogP contribution is -2.31. The molecular formula is C13H26N4. The Kier molecular flexibility index (Phi) is 5.15. The summed E-state index contributed by atoms with van der Waals surface area (Å²) in [6.07, 6.45) is 1.05. The van der Waals surface area contributed by atoms with Crippen LogP contribution in [0.4, 0.5) is 0 Å². The molecule has 98 valence electrons. The van der Waals surface area contributed by atoms with Crippen LogP contribution >= 0.6 is 0 Å². The van der Waals surface area contributed by atoms with Crippen molar-refractivity contribution in [3.05, 3.63) is 17.5 Å². The minimum absolute atomic E-state index is 0.297. The number of rotatable bonds is 6. The molecule has 1 rings (SSSR count). The molecule has 1 heterocycles. The Morgan fingerprint density at radius 1 is 1.47 bits per heavy atom. The average molecular weight is 238 g/mol. The predicted molar refractivity (Wildman–Crippen MR) is 71.7 cm³/mol. The number of aromatic nitrogens is 2. The summed E-state index contributed by atoms with van der Waals surface area (Å²) < 4.78 is 1.95. The van der Waals surface area contributed by atoms with Crippen LogP contribution < -0.4 is 5.73 Å². The summed E-state index contributed by atoms with van der Waals surface area (Å²) in [5.41, 5.74) is 8.38. The highest BCUT2D eigenvalue weighted by Gasteiger charge is 2.10. The maximum atomic E-state index is 6.05. The second-order valence-corrected chi connectivity index (χ2v) is 5.33. The van der Waals surface area contributed by atoms with E-state index in [0.717, 1.165) is 25.2 Å². The van der Waals surface area contributed by atoms with Crippen LogP contribution in [-0.4, -0.2) is 34.3 Å². The van der Waals surface area contributed by atoms with Gasteiger partial charge in [0.05, 0.1) is 11.4 Å². The zero-order chi connectivity index (χ0) is 13.0. The smallest absolute Gasteiger partial charge is 0.0597 e. The Morgan fingerprint density at radius 2 is 2.12 bits per heavy atom. The van der Waals surface area contributed by atoms with Crippen molar-refractivity contribution in [3.63, 3.8) is 0 Å². The van der Waals surface area contributed by atoms with Gasteiger partial charge in [-0.2, -0.15) is 5.10 Å². The zero-order valence-corrected chi connectivity index (χ0v) is 11.8. The van der Waals surface area contributed by atoms with Crippen molar-refractivity contribution in [2.45, 2.75) is 39.8 Å². The van der Waals surface area contributed by atoms with Crippen LogP contribution in [-0.2, 0) is 13.6 Å². The molecular weight excluding hydrogens is 212 g/mol. The first kappa shape index (κ1) is 14.2. The molecule has 0 radical (unpaired) electrons. The summed E-state index contributed by atoms with van der Waals surface area (Å²) >= 11 is 0. The van der Waals surface area contributed by atoms with Gasteiger partial charge in [0, 0.05) is 19.6 Å². The second-order valence-electron chi connectivity index (χ2n) is 5.33. The first-order chi connectivity index (χ1) is 7.90.